The van der Waals surface area contributed by atoms with Gasteiger partial charge in [0, 0.05) is 19.6 Å². The maximum Gasteiger partial charge on any atom is 0.217 e. The van der Waals surface area contributed by atoms with Crippen molar-refractivity contribution >= 4 is 5.91 Å². The molecule has 0 radical (unpaired) electrons. The van der Waals surface area contributed by atoms with E-state index in [-0.39, 0.29) is 11.9 Å². The zero-order chi connectivity index (χ0) is 10.4. The Labute approximate surface area is 86.2 Å². The highest BCUT2D eigenvalue weighted by Gasteiger charge is 2.14. The van der Waals surface area contributed by atoms with Gasteiger partial charge in [0.05, 0.1) is 6.10 Å². The number of carbonyl (C=O) groups is 1. The van der Waals surface area contributed by atoms with Gasteiger partial charge in [0.1, 0.15) is 0 Å². The fourth-order valence-electron chi connectivity index (χ4n) is 1.89. The predicted molar refractivity (Wildman–Crippen MR) is 56.1 cm³/mol. The Hall–Kier alpha value is -0.570. The first kappa shape index (κ1) is 11.5. The number of nitrogens with one attached hydrogen (secondary N) is 1. The first-order chi connectivity index (χ1) is 6.68. The molecule has 0 aromatic carbocycles. The molecule has 1 amide bonds. The van der Waals surface area contributed by atoms with Gasteiger partial charge in [-0.05, 0) is 39.0 Å². The summed E-state index contributed by atoms with van der Waals surface area (Å²) >= 11 is 0. The Balaban J connectivity index is 2.09. The summed E-state index contributed by atoms with van der Waals surface area (Å²) in [7, 11) is 0. The Morgan fingerprint density at radius 2 is 2.36 bits per heavy atom. The molecule has 14 heavy (non-hydrogen) atoms. The summed E-state index contributed by atoms with van der Waals surface area (Å²) in [5.74, 6) is 0.0575. The summed E-state index contributed by atoms with van der Waals surface area (Å²) in [4.78, 5) is 10.8. The number of rotatable bonds is 4. The van der Waals surface area contributed by atoms with Crippen LogP contribution in [0.5, 0.6) is 0 Å². The molecule has 1 rings (SSSR count). The average Bonchev–Trinajstić information content (AvgIpc) is 2.15. The van der Waals surface area contributed by atoms with Crippen LogP contribution in [-0.2, 0) is 9.53 Å². The van der Waals surface area contributed by atoms with E-state index >= 15 is 0 Å². The summed E-state index contributed by atoms with van der Waals surface area (Å²) < 4.78 is 5.62. The van der Waals surface area contributed by atoms with Crippen LogP contribution in [0.4, 0.5) is 0 Å². The summed E-state index contributed by atoms with van der Waals surface area (Å²) in [5.41, 5.74) is 0. The summed E-state index contributed by atoms with van der Waals surface area (Å²) in [5, 5.41) is 2.89. The van der Waals surface area contributed by atoms with Crippen molar-refractivity contribution in [1.82, 2.24) is 5.32 Å². The maximum absolute atomic E-state index is 10.8. The van der Waals surface area contributed by atoms with Crippen LogP contribution in [0, 0.1) is 0 Å². The third-order valence-corrected chi connectivity index (χ3v) is 2.65. The molecular formula is C11H21NO2. The number of carbonyl (C=O) groups excluding carboxylic acids is 1. The smallest absolute Gasteiger partial charge is 0.217 e. The average molecular weight is 199 g/mol. The second kappa shape index (κ2) is 6.02. The van der Waals surface area contributed by atoms with Gasteiger partial charge in [-0.1, -0.05) is 0 Å². The quantitative estimate of drug-likeness (QED) is 0.750. The van der Waals surface area contributed by atoms with Gasteiger partial charge >= 0.3 is 0 Å². The predicted octanol–water partition coefficient (Wildman–Crippen LogP) is 1.86. The van der Waals surface area contributed by atoms with Gasteiger partial charge in [-0.25, -0.2) is 0 Å². The molecule has 1 N–H and O–H groups in total. The van der Waals surface area contributed by atoms with E-state index < -0.39 is 0 Å². The lowest BCUT2D eigenvalue weighted by molar-refractivity contribution is -0.119. The topological polar surface area (TPSA) is 38.3 Å². The van der Waals surface area contributed by atoms with Crippen LogP contribution in [-0.4, -0.2) is 24.7 Å². The lowest BCUT2D eigenvalue weighted by Gasteiger charge is -2.23. The lowest BCUT2D eigenvalue weighted by Crippen LogP contribution is -2.31. The van der Waals surface area contributed by atoms with Crippen molar-refractivity contribution in [3.63, 3.8) is 0 Å². The normalized spacial score (nSPS) is 24.3. The minimum atomic E-state index is 0.0575. The molecule has 0 aromatic rings. The molecule has 1 fully saturated rings. The second-order valence-corrected chi connectivity index (χ2v) is 4.17. The Kier molecular flexibility index (Phi) is 4.94. The van der Waals surface area contributed by atoms with Gasteiger partial charge < -0.3 is 10.1 Å². The van der Waals surface area contributed by atoms with E-state index in [2.05, 4.69) is 5.32 Å². The molecule has 1 saturated heterocycles. The van der Waals surface area contributed by atoms with E-state index in [0.29, 0.717) is 6.10 Å². The van der Waals surface area contributed by atoms with Crippen molar-refractivity contribution < 1.29 is 9.53 Å². The van der Waals surface area contributed by atoms with Gasteiger partial charge in [0.2, 0.25) is 5.91 Å². The van der Waals surface area contributed by atoms with Crippen LogP contribution in [0.3, 0.4) is 0 Å². The molecule has 1 heterocycles. The fraction of sp³-hybridized carbons (Fsp3) is 0.909. The highest BCUT2D eigenvalue weighted by molar-refractivity contribution is 5.73. The number of hydrogen-bond acceptors (Lipinski definition) is 2. The van der Waals surface area contributed by atoms with Crippen molar-refractivity contribution in [3.05, 3.63) is 0 Å². The molecule has 82 valence electrons. The lowest BCUT2D eigenvalue weighted by atomic mass is 10.0. The first-order valence-corrected chi connectivity index (χ1v) is 5.57. The van der Waals surface area contributed by atoms with Gasteiger partial charge in [-0.3, -0.25) is 4.79 Å². The first-order valence-electron chi connectivity index (χ1n) is 5.57. The third kappa shape index (κ3) is 4.61. The van der Waals surface area contributed by atoms with E-state index in [1.807, 2.05) is 6.92 Å². The molecule has 1 aliphatic heterocycles. The molecule has 0 aromatic heterocycles. The van der Waals surface area contributed by atoms with E-state index in [1.54, 1.807) is 6.92 Å². The van der Waals surface area contributed by atoms with Crippen molar-refractivity contribution in [2.75, 3.05) is 6.61 Å². The highest BCUT2D eigenvalue weighted by Crippen LogP contribution is 2.17. The van der Waals surface area contributed by atoms with Crippen LogP contribution in [0.25, 0.3) is 0 Å². The molecule has 0 saturated carbocycles. The molecule has 3 nitrogen and oxygen atoms in total. The fourth-order valence-corrected chi connectivity index (χ4v) is 1.89. The number of ether oxygens (including phenoxy) is 1. The molecule has 0 bridgehead atoms. The Morgan fingerprint density at radius 1 is 1.57 bits per heavy atom. The molecule has 0 spiro atoms. The molecule has 2 atom stereocenters. The van der Waals surface area contributed by atoms with Crippen LogP contribution < -0.4 is 5.32 Å². The largest absolute Gasteiger partial charge is 0.378 e. The van der Waals surface area contributed by atoms with E-state index in [9.17, 15) is 4.79 Å². The maximum atomic E-state index is 10.8. The van der Waals surface area contributed by atoms with Crippen molar-refractivity contribution in [3.8, 4) is 0 Å². The zero-order valence-electron chi connectivity index (χ0n) is 9.21. The SMILES string of the molecule is CC(=O)NC(C)CC[C@@H]1CCCCO1. The molecule has 1 aliphatic rings. The molecule has 0 aliphatic carbocycles. The molecule has 1 unspecified atom stereocenters. The standard InChI is InChI=1S/C11H21NO2/c1-9(12-10(2)13)6-7-11-5-3-4-8-14-11/h9,11H,3-8H2,1-2H3,(H,12,13)/t9?,11-/m0/s1. The number of hydrogen-bond donors (Lipinski definition) is 1. The van der Waals surface area contributed by atoms with Crippen LogP contribution in [0.2, 0.25) is 0 Å². The minimum Gasteiger partial charge on any atom is -0.378 e. The van der Waals surface area contributed by atoms with Crippen LogP contribution >= 0.6 is 0 Å². The van der Waals surface area contributed by atoms with Gasteiger partial charge in [0.25, 0.3) is 0 Å². The Morgan fingerprint density at radius 3 is 2.93 bits per heavy atom. The summed E-state index contributed by atoms with van der Waals surface area (Å²) in [6.07, 6.45) is 6.20. The van der Waals surface area contributed by atoms with Crippen LogP contribution in [0.1, 0.15) is 46.0 Å². The number of amides is 1. The van der Waals surface area contributed by atoms with Crippen molar-refractivity contribution in [2.45, 2.75) is 58.1 Å². The zero-order valence-corrected chi connectivity index (χ0v) is 9.21. The van der Waals surface area contributed by atoms with E-state index in [0.717, 1.165) is 19.4 Å². The minimum absolute atomic E-state index is 0.0575. The van der Waals surface area contributed by atoms with Crippen molar-refractivity contribution in [2.24, 2.45) is 0 Å². The molecular weight excluding hydrogens is 178 g/mol. The van der Waals surface area contributed by atoms with E-state index in [1.165, 1.54) is 19.3 Å². The van der Waals surface area contributed by atoms with Crippen LogP contribution in [0.15, 0.2) is 0 Å². The summed E-state index contributed by atoms with van der Waals surface area (Å²) in [6.45, 7) is 4.52. The molecule has 3 heteroatoms. The Bertz CT molecular complexity index is 176. The highest BCUT2D eigenvalue weighted by atomic mass is 16.5. The third-order valence-electron chi connectivity index (χ3n) is 2.65. The van der Waals surface area contributed by atoms with Gasteiger partial charge in [-0.15, -0.1) is 0 Å². The summed E-state index contributed by atoms with van der Waals surface area (Å²) in [6, 6.07) is 0.276. The monoisotopic (exact) mass is 199 g/mol. The van der Waals surface area contributed by atoms with Gasteiger partial charge in [0.15, 0.2) is 0 Å². The van der Waals surface area contributed by atoms with Crippen molar-refractivity contribution in [1.29, 1.82) is 0 Å². The van der Waals surface area contributed by atoms with E-state index in [4.69, 9.17) is 4.74 Å². The van der Waals surface area contributed by atoms with Gasteiger partial charge in [-0.2, -0.15) is 0 Å². The second-order valence-electron chi connectivity index (χ2n) is 4.17.